The largest absolute Gasteiger partial charge is 0.497 e. The number of methoxy groups -OCH3 is 1. The van der Waals surface area contributed by atoms with E-state index in [4.69, 9.17) is 9.47 Å². The van der Waals surface area contributed by atoms with Crippen molar-refractivity contribution in [2.45, 2.75) is 0 Å². The van der Waals surface area contributed by atoms with Crippen molar-refractivity contribution < 1.29 is 17.9 Å². The lowest BCUT2D eigenvalue weighted by Crippen LogP contribution is -2.29. The Labute approximate surface area is 147 Å². The normalized spacial score (nSPS) is 11.2. The highest BCUT2D eigenvalue weighted by atomic mass is 32.2. The Morgan fingerprint density at radius 2 is 1.60 bits per heavy atom. The molecule has 1 heterocycles. The van der Waals surface area contributed by atoms with Gasteiger partial charge in [-0.15, -0.1) is 10.2 Å². The number of hydrogen-bond acceptors (Lipinski definition) is 7. The second-order valence-electron chi connectivity index (χ2n) is 5.14. The molecular formula is C15H21N5O4S. The molecule has 25 heavy (non-hydrogen) atoms. The van der Waals surface area contributed by atoms with Crippen molar-refractivity contribution in [1.29, 1.82) is 0 Å². The van der Waals surface area contributed by atoms with Gasteiger partial charge in [-0.25, -0.2) is 0 Å². The third kappa shape index (κ3) is 5.76. The average molecular weight is 367 g/mol. The van der Waals surface area contributed by atoms with Crippen molar-refractivity contribution in [3.63, 3.8) is 0 Å². The number of benzene rings is 1. The summed E-state index contributed by atoms with van der Waals surface area (Å²) in [6.07, 6.45) is 0. The lowest BCUT2D eigenvalue weighted by molar-refractivity contribution is 0.331. The van der Waals surface area contributed by atoms with E-state index < -0.39 is 10.2 Å². The Hall–Kier alpha value is -2.59. The Morgan fingerprint density at radius 3 is 2.16 bits per heavy atom. The molecule has 2 aromatic rings. The molecule has 0 aliphatic rings. The number of ether oxygens (including phenoxy) is 2. The summed E-state index contributed by atoms with van der Waals surface area (Å²) in [5, 5.41) is 10.8. The molecule has 10 heteroatoms. The SMILES string of the molecule is COc1ccc(OCCNc2ccc(NS(=O)(=O)N(C)C)nn2)cc1. The summed E-state index contributed by atoms with van der Waals surface area (Å²) in [7, 11) is 0.870. The van der Waals surface area contributed by atoms with Gasteiger partial charge in [-0.2, -0.15) is 12.7 Å². The molecule has 0 amide bonds. The number of anilines is 2. The standard InChI is InChI=1S/C15H21N5O4S/c1-20(2)25(21,22)19-15-9-8-14(17-18-15)16-10-11-24-13-6-4-12(23-3)5-7-13/h4-9H,10-11H2,1-3H3,(H,16,17)(H,18,19). The summed E-state index contributed by atoms with van der Waals surface area (Å²) < 4.78 is 37.4. The van der Waals surface area contributed by atoms with Crippen LogP contribution >= 0.6 is 0 Å². The lowest BCUT2D eigenvalue weighted by Gasteiger charge is -2.12. The molecule has 0 saturated heterocycles. The summed E-state index contributed by atoms with van der Waals surface area (Å²) in [5.74, 6) is 2.17. The first-order valence-corrected chi connectivity index (χ1v) is 8.89. The predicted octanol–water partition coefficient (Wildman–Crippen LogP) is 1.19. The summed E-state index contributed by atoms with van der Waals surface area (Å²) >= 11 is 0. The molecule has 0 aliphatic heterocycles. The third-order valence-corrected chi connectivity index (χ3v) is 4.54. The van der Waals surface area contributed by atoms with Crippen LogP contribution in [0.5, 0.6) is 11.5 Å². The van der Waals surface area contributed by atoms with E-state index in [0.29, 0.717) is 19.0 Å². The maximum Gasteiger partial charge on any atom is 0.302 e. The molecule has 0 spiro atoms. The highest BCUT2D eigenvalue weighted by molar-refractivity contribution is 7.90. The molecule has 0 fully saturated rings. The second-order valence-corrected chi connectivity index (χ2v) is 7.03. The van der Waals surface area contributed by atoms with Crippen molar-refractivity contribution in [3.05, 3.63) is 36.4 Å². The zero-order valence-corrected chi connectivity index (χ0v) is 15.1. The summed E-state index contributed by atoms with van der Waals surface area (Å²) in [6, 6.07) is 10.5. The van der Waals surface area contributed by atoms with Gasteiger partial charge in [0.25, 0.3) is 0 Å². The van der Waals surface area contributed by atoms with Crippen LogP contribution in [0.1, 0.15) is 0 Å². The Balaban J connectivity index is 1.77. The third-order valence-electron chi connectivity index (χ3n) is 3.12. The molecule has 1 aromatic carbocycles. The number of nitrogens with zero attached hydrogens (tertiary/aromatic N) is 3. The molecule has 2 rings (SSSR count). The number of hydrogen-bond donors (Lipinski definition) is 2. The minimum atomic E-state index is -3.59. The number of aromatic nitrogens is 2. The molecule has 0 aliphatic carbocycles. The first-order valence-electron chi connectivity index (χ1n) is 7.45. The van der Waals surface area contributed by atoms with Crippen molar-refractivity contribution in [3.8, 4) is 11.5 Å². The van der Waals surface area contributed by atoms with Gasteiger partial charge < -0.3 is 14.8 Å². The van der Waals surface area contributed by atoms with E-state index in [1.807, 2.05) is 24.3 Å². The van der Waals surface area contributed by atoms with Crippen LogP contribution in [-0.2, 0) is 10.2 Å². The van der Waals surface area contributed by atoms with Crippen molar-refractivity contribution >= 4 is 21.8 Å². The number of rotatable bonds is 9. The maximum atomic E-state index is 11.7. The van der Waals surface area contributed by atoms with E-state index in [2.05, 4.69) is 20.2 Å². The topological polar surface area (TPSA) is 106 Å². The lowest BCUT2D eigenvalue weighted by atomic mass is 10.3. The maximum absolute atomic E-state index is 11.7. The minimum Gasteiger partial charge on any atom is -0.497 e. The van der Waals surface area contributed by atoms with E-state index in [0.717, 1.165) is 15.8 Å². The fourth-order valence-electron chi connectivity index (χ4n) is 1.72. The van der Waals surface area contributed by atoms with E-state index in [1.165, 1.54) is 20.2 Å². The van der Waals surface area contributed by atoms with E-state index in [9.17, 15) is 8.42 Å². The first-order chi connectivity index (χ1) is 11.9. The molecule has 0 unspecified atom stereocenters. The van der Waals surface area contributed by atoms with Crippen LogP contribution in [0, 0.1) is 0 Å². The van der Waals surface area contributed by atoms with Crippen LogP contribution in [0.2, 0.25) is 0 Å². The fraction of sp³-hybridized carbons (Fsp3) is 0.333. The Kier molecular flexibility index (Phi) is 6.37. The van der Waals surface area contributed by atoms with Gasteiger partial charge in [0.05, 0.1) is 13.7 Å². The minimum absolute atomic E-state index is 0.147. The molecule has 0 bridgehead atoms. The highest BCUT2D eigenvalue weighted by Crippen LogP contribution is 2.16. The van der Waals surface area contributed by atoms with Gasteiger partial charge in [-0.3, -0.25) is 4.72 Å². The summed E-state index contributed by atoms with van der Waals surface area (Å²) in [6.45, 7) is 0.951. The van der Waals surface area contributed by atoms with Crippen LogP contribution in [-0.4, -0.2) is 57.3 Å². The van der Waals surface area contributed by atoms with Crippen LogP contribution in [0.25, 0.3) is 0 Å². The molecule has 136 valence electrons. The summed E-state index contributed by atoms with van der Waals surface area (Å²) in [4.78, 5) is 0. The van der Waals surface area contributed by atoms with E-state index in [-0.39, 0.29) is 5.82 Å². The average Bonchev–Trinajstić information content (AvgIpc) is 2.60. The molecule has 0 saturated carbocycles. The molecule has 1 aromatic heterocycles. The Bertz CT molecular complexity index is 764. The van der Waals surface area contributed by atoms with Gasteiger partial charge in [0, 0.05) is 14.1 Å². The van der Waals surface area contributed by atoms with Crippen molar-refractivity contribution in [2.75, 3.05) is 44.4 Å². The molecular weight excluding hydrogens is 346 g/mol. The first kappa shape index (κ1) is 18.7. The van der Waals surface area contributed by atoms with Crippen molar-refractivity contribution in [1.82, 2.24) is 14.5 Å². The van der Waals surface area contributed by atoms with Gasteiger partial charge in [-0.1, -0.05) is 0 Å². The van der Waals surface area contributed by atoms with Crippen molar-refractivity contribution in [2.24, 2.45) is 0 Å². The monoisotopic (exact) mass is 367 g/mol. The van der Waals surface area contributed by atoms with Crippen LogP contribution in [0.15, 0.2) is 36.4 Å². The smallest absolute Gasteiger partial charge is 0.302 e. The van der Waals surface area contributed by atoms with Gasteiger partial charge >= 0.3 is 10.2 Å². The van der Waals surface area contributed by atoms with Gasteiger partial charge in [0.1, 0.15) is 23.9 Å². The molecule has 9 nitrogen and oxygen atoms in total. The molecule has 0 atom stereocenters. The quantitative estimate of drug-likeness (QED) is 0.641. The Morgan fingerprint density at radius 1 is 1.00 bits per heavy atom. The van der Waals surface area contributed by atoms with Crippen LogP contribution in [0.4, 0.5) is 11.6 Å². The van der Waals surface area contributed by atoms with Gasteiger partial charge in [0.15, 0.2) is 5.82 Å². The van der Waals surface area contributed by atoms with Gasteiger partial charge in [0.2, 0.25) is 0 Å². The van der Waals surface area contributed by atoms with Crippen LogP contribution in [0.3, 0.4) is 0 Å². The summed E-state index contributed by atoms with van der Waals surface area (Å²) in [5.41, 5.74) is 0. The molecule has 2 N–H and O–H groups in total. The zero-order chi connectivity index (χ0) is 18.3. The highest BCUT2D eigenvalue weighted by Gasteiger charge is 2.13. The fourth-order valence-corrected chi connectivity index (χ4v) is 2.28. The van der Waals surface area contributed by atoms with Crippen LogP contribution < -0.4 is 19.5 Å². The van der Waals surface area contributed by atoms with Gasteiger partial charge in [-0.05, 0) is 36.4 Å². The van der Waals surface area contributed by atoms with E-state index >= 15 is 0 Å². The molecule has 0 radical (unpaired) electrons. The predicted molar refractivity (Wildman–Crippen MR) is 95.2 cm³/mol. The number of nitrogens with one attached hydrogen (secondary N) is 2. The second kappa shape index (κ2) is 8.49. The zero-order valence-electron chi connectivity index (χ0n) is 14.3. The van der Waals surface area contributed by atoms with E-state index in [1.54, 1.807) is 13.2 Å².